The highest BCUT2D eigenvalue weighted by Gasteiger charge is 2.32. The van der Waals surface area contributed by atoms with Crippen molar-refractivity contribution >= 4 is 21.8 Å². The van der Waals surface area contributed by atoms with Gasteiger partial charge < -0.3 is 4.74 Å². The number of anilines is 1. The Morgan fingerprint density at radius 1 is 1.35 bits per heavy atom. The van der Waals surface area contributed by atoms with Crippen molar-refractivity contribution in [3.63, 3.8) is 0 Å². The zero-order valence-electron chi connectivity index (χ0n) is 11.5. The molecular weight excluding hydrogens is 280 g/mol. The van der Waals surface area contributed by atoms with Gasteiger partial charge in [-0.25, -0.2) is 17.9 Å². The average molecular weight is 298 g/mol. The molecule has 1 saturated heterocycles. The number of hydrogen-bond acceptors (Lipinski definition) is 4. The lowest BCUT2D eigenvalue weighted by molar-refractivity contribution is 0.143. The van der Waals surface area contributed by atoms with Gasteiger partial charge in [-0.15, -0.1) is 0 Å². The summed E-state index contributed by atoms with van der Waals surface area (Å²) in [5.41, 5.74) is 1.86. The van der Waals surface area contributed by atoms with E-state index in [2.05, 4.69) is 4.72 Å². The van der Waals surface area contributed by atoms with Gasteiger partial charge in [-0.2, -0.15) is 0 Å². The number of cyclic esters (lactones) is 1. The third-order valence-corrected chi connectivity index (χ3v) is 4.50. The van der Waals surface area contributed by atoms with Gasteiger partial charge in [-0.05, 0) is 26.0 Å². The molecule has 1 aromatic rings. The lowest BCUT2D eigenvalue weighted by Crippen LogP contribution is -2.35. The van der Waals surface area contributed by atoms with E-state index in [-0.39, 0.29) is 12.3 Å². The number of amides is 1. The number of benzene rings is 1. The molecule has 1 N–H and O–H groups in total. The summed E-state index contributed by atoms with van der Waals surface area (Å²) in [5, 5.41) is 0. The second kappa shape index (κ2) is 5.80. The largest absolute Gasteiger partial charge is 0.443 e. The fourth-order valence-corrected chi connectivity index (χ4v) is 2.53. The molecule has 0 radical (unpaired) electrons. The quantitative estimate of drug-likeness (QED) is 0.888. The van der Waals surface area contributed by atoms with E-state index in [4.69, 9.17) is 4.74 Å². The number of carbonyl (C=O) groups excluding carboxylic acids is 1. The average Bonchev–Trinajstić information content (AvgIpc) is 2.79. The molecule has 1 aliphatic heterocycles. The molecule has 1 amide bonds. The molecule has 0 bridgehead atoms. The molecule has 2 rings (SSSR count). The van der Waals surface area contributed by atoms with E-state index in [1.165, 1.54) is 4.90 Å². The number of hydrogen-bond donors (Lipinski definition) is 1. The van der Waals surface area contributed by atoms with Gasteiger partial charge >= 0.3 is 6.09 Å². The van der Waals surface area contributed by atoms with Crippen LogP contribution in [0.15, 0.2) is 24.3 Å². The first-order valence-electron chi connectivity index (χ1n) is 6.43. The topological polar surface area (TPSA) is 75.7 Å². The minimum Gasteiger partial charge on any atom is -0.443 e. The van der Waals surface area contributed by atoms with Gasteiger partial charge in [0.1, 0.15) is 6.10 Å². The van der Waals surface area contributed by atoms with Crippen LogP contribution in [-0.2, 0) is 14.8 Å². The lowest BCUT2D eigenvalue weighted by Gasteiger charge is -2.13. The summed E-state index contributed by atoms with van der Waals surface area (Å²) in [7, 11) is -3.27. The molecular formula is C13H18N2O4S. The normalized spacial score (nSPS) is 19.2. The zero-order chi connectivity index (χ0) is 14.8. The minimum atomic E-state index is -3.27. The van der Waals surface area contributed by atoms with E-state index in [0.29, 0.717) is 6.54 Å². The number of nitrogens with zero attached hydrogens (tertiary/aromatic N) is 1. The molecule has 0 saturated carbocycles. The fraction of sp³-hybridized carbons (Fsp3) is 0.462. The van der Waals surface area contributed by atoms with Crippen molar-refractivity contribution in [1.29, 1.82) is 0 Å². The van der Waals surface area contributed by atoms with Crippen molar-refractivity contribution < 1.29 is 17.9 Å². The van der Waals surface area contributed by atoms with Gasteiger partial charge in [0.05, 0.1) is 12.3 Å². The van der Waals surface area contributed by atoms with Crippen molar-refractivity contribution in [2.24, 2.45) is 0 Å². The van der Waals surface area contributed by atoms with E-state index in [9.17, 15) is 13.2 Å². The van der Waals surface area contributed by atoms with E-state index < -0.39 is 22.2 Å². The van der Waals surface area contributed by atoms with Crippen molar-refractivity contribution in [3.8, 4) is 0 Å². The molecule has 0 aromatic heterocycles. The highest BCUT2D eigenvalue weighted by atomic mass is 32.2. The predicted octanol–water partition coefficient (Wildman–Crippen LogP) is 1.26. The van der Waals surface area contributed by atoms with Crippen LogP contribution >= 0.6 is 0 Å². The van der Waals surface area contributed by atoms with Crippen LogP contribution in [0.1, 0.15) is 12.5 Å². The highest BCUT2D eigenvalue weighted by molar-refractivity contribution is 7.89. The Balaban J connectivity index is 1.99. The van der Waals surface area contributed by atoms with Gasteiger partial charge in [0.25, 0.3) is 0 Å². The fourth-order valence-electron chi connectivity index (χ4n) is 1.89. The van der Waals surface area contributed by atoms with Crippen LogP contribution in [0.4, 0.5) is 10.5 Å². The Morgan fingerprint density at radius 3 is 2.60 bits per heavy atom. The standard InChI is InChI=1S/C13H18N2O4S/c1-3-20(17,18)14-8-12-9-15(13(16)19-12)11-6-4-10(2)5-7-11/h4-7,12,14H,3,8-9H2,1-2H3. The Bertz CT molecular complexity index is 583. The first-order chi connectivity index (χ1) is 9.41. The summed E-state index contributed by atoms with van der Waals surface area (Å²) in [4.78, 5) is 13.3. The van der Waals surface area contributed by atoms with Crippen LogP contribution in [-0.4, -0.2) is 39.5 Å². The minimum absolute atomic E-state index is 0.00927. The van der Waals surface area contributed by atoms with Crippen LogP contribution in [0.3, 0.4) is 0 Å². The maximum atomic E-state index is 11.8. The Hall–Kier alpha value is -1.60. The van der Waals surface area contributed by atoms with Gasteiger partial charge in [0.2, 0.25) is 10.0 Å². The summed E-state index contributed by atoms with van der Waals surface area (Å²) in [6.45, 7) is 3.97. The van der Waals surface area contributed by atoms with Crippen LogP contribution in [0.2, 0.25) is 0 Å². The van der Waals surface area contributed by atoms with Crippen molar-refractivity contribution in [2.75, 3.05) is 23.7 Å². The van der Waals surface area contributed by atoms with Gasteiger partial charge in [-0.1, -0.05) is 17.7 Å². The molecule has 1 atom stereocenters. The molecule has 1 fully saturated rings. The molecule has 1 aromatic carbocycles. The third-order valence-electron chi connectivity index (χ3n) is 3.13. The van der Waals surface area contributed by atoms with Crippen molar-refractivity contribution in [2.45, 2.75) is 20.0 Å². The number of rotatable bonds is 5. The van der Waals surface area contributed by atoms with Crippen LogP contribution in [0.5, 0.6) is 0 Å². The van der Waals surface area contributed by atoms with E-state index in [0.717, 1.165) is 11.3 Å². The molecule has 20 heavy (non-hydrogen) atoms. The lowest BCUT2D eigenvalue weighted by atomic mass is 10.2. The Kier molecular flexibility index (Phi) is 4.29. The molecule has 1 aliphatic rings. The highest BCUT2D eigenvalue weighted by Crippen LogP contribution is 2.21. The van der Waals surface area contributed by atoms with Crippen LogP contribution < -0.4 is 9.62 Å². The molecule has 1 heterocycles. The second-order valence-corrected chi connectivity index (χ2v) is 6.80. The number of ether oxygens (including phenoxy) is 1. The molecule has 6 nitrogen and oxygen atoms in total. The maximum Gasteiger partial charge on any atom is 0.414 e. The third kappa shape index (κ3) is 3.49. The van der Waals surface area contributed by atoms with E-state index in [1.54, 1.807) is 6.92 Å². The second-order valence-electron chi connectivity index (χ2n) is 4.70. The smallest absolute Gasteiger partial charge is 0.414 e. The molecule has 0 spiro atoms. The maximum absolute atomic E-state index is 11.8. The van der Waals surface area contributed by atoms with E-state index >= 15 is 0 Å². The number of aryl methyl sites for hydroxylation is 1. The van der Waals surface area contributed by atoms with Gasteiger partial charge in [-0.3, -0.25) is 4.90 Å². The van der Waals surface area contributed by atoms with E-state index in [1.807, 2.05) is 31.2 Å². The number of nitrogens with one attached hydrogen (secondary N) is 1. The summed E-state index contributed by atoms with van der Waals surface area (Å²) >= 11 is 0. The van der Waals surface area contributed by atoms with Gasteiger partial charge in [0.15, 0.2) is 0 Å². The Morgan fingerprint density at radius 2 is 2.00 bits per heavy atom. The molecule has 110 valence electrons. The van der Waals surface area contributed by atoms with Gasteiger partial charge in [0, 0.05) is 12.2 Å². The van der Waals surface area contributed by atoms with Crippen molar-refractivity contribution in [1.82, 2.24) is 4.72 Å². The number of sulfonamides is 1. The van der Waals surface area contributed by atoms with Crippen LogP contribution in [0, 0.1) is 6.92 Å². The number of carbonyl (C=O) groups is 1. The SMILES string of the molecule is CCS(=O)(=O)NCC1CN(c2ccc(C)cc2)C(=O)O1. The summed E-state index contributed by atoms with van der Waals surface area (Å²) < 4.78 is 30.3. The summed E-state index contributed by atoms with van der Waals surface area (Å²) in [6.07, 6.45) is -0.917. The summed E-state index contributed by atoms with van der Waals surface area (Å²) in [5.74, 6) is 0.00927. The first-order valence-corrected chi connectivity index (χ1v) is 8.08. The summed E-state index contributed by atoms with van der Waals surface area (Å²) in [6, 6.07) is 7.51. The predicted molar refractivity (Wildman–Crippen MR) is 76.3 cm³/mol. The van der Waals surface area contributed by atoms with Crippen LogP contribution in [0.25, 0.3) is 0 Å². The Labute approximate surface area is 118 Å². The molecule has 0 aliphatic carbocycles. The molecule has 1 unspecified atom stereocenters. The zero-order valence-corrected chi connectivity index (χ0v) is 12.3. The van der Waals surface area contributed by atoms with Crippen molar-refractivity contribution in [3.05, 3.63) is 29.8 Å². The first kappa shape index (κ1) is 14.8. The monoisotopic (exact) mass is 298 g/mol. The molecule has 7 heteroatoms.